The van der Waals surface area contributed by atoms with E-state index >= 15 is 0 Å². The lowest BCUT2D eigenvalue weighted by Gasteiger charge is -2.06. The van der Waals surface area contributed by atoms with Crippen molar-refractivity contribution in [2.24, 2.45) is 0 Å². The van der Waals surface area contributed by atoms with E-state index in [-0.39, 0.29) is 12.1 Å². The molecule has 0 amide bonds. The maximum atomic E-state index is 9.62. The molecule has 118 valence electrons. The maximum Gasteiger partial charge on any atom is 0.123 e. The summed E-state index contributed by atoms with van der Waals surface area (Å²) in [5.41, 5.74) is 6.23. The highest BCUT2D eigenvalue weighted by atomic mass is 32.1. The molecule has 6 heteroatoms. The van der Waals surface area contributed by atoms with Gasteiger partial charge in [-0.2, -0.15) is 0 Å². The molecular formula is C17H18N4OS. The molecule has 2 aromatic heterocycles. The zero-order valence-corrected chi connectivity index (χ0v) is 13.6. The van der Waals surface area contributed by atoms with Crippen LogP contribution in [0.4, 0.5) is 0 Å². The topological polar surface area (TPSA) is 73.8 Å². The Labute approximate surface area is 138 Å². The number of aliphatic hydroxyl groups is 1. The second-order valence-corrected chi connectivity index (χ2v) is 6.73. The summed E-state index contributed by atoms with van der Waals surface area (Å²) in [5, 5.41) is 12.9. The van der Waals surface area contributed by atoms with Crippen LogP contribution in [0.15, 0.2) is 36.0 Å². The van der Waals surface area contributed by atoms with Crippen LogP contribution in [0.25, 0.3) is 21.7 Å². The number of thiazole rings is 1. The number of aromatic amines is 1. The van der Waals surface area contributed by atoms with E-state index in [4.69, 9.17) is 0 Å². The van der Waals surface area contributed by atoms with Crippen LogP contribution in [-0.4, -0.2) is 32.7 Å². The molecule has 2 atom stereocenters. The number of nitrogens with zero attached hydrogens (tertiary/aromatic N) is 2. The summed E-state index contributed by atoms with van der Waals surface area (Å²) in [6.45, 7) is 2.66. The fraction of sp³-hybridized carbons (Fsp3) is 0.294. The molecule has 3 heterocycles. The molecule has 3 aromatic rings. The Morgan fingerprint density at radius 2 is 1.96 bits per heavy atom. The number of imidazole rings is 1. The second-order valence-electron chi connectivity index (χ2n) is 5.88. The molecule has 0 radical (unpaired) electrons. The van der Waals surface area contributed by atoms with Gasteiger partial charge in [0.1, 0.15) is 5.82 Å². The molecule has 0 saturated carbocycles. The van der Waals surface area contributed by atoms with Gasteiger partial charge in [-0.3, -0.25) is 0 Å². The van der Waals surface area contributed by atoms with Gasteiger partial charge in [-0.15, -0.1) is 11.3 Å². The van der Waals surface area contributed by atoms with Crippen LogP contribution < -0.4 is 5.32 Å². The van der Waals surface area contributed by atoms with Gasteiger partial charge in [0.2, 0.25) is 0 Å². The van der Waals surface area contributed by atoms with E-state index in [2.05, 4.69) is 44.5 Å². The average molecular weight is 326 g/mol. The average Bonchev–Trinajstić information content (AvgIpc) is 3.28. The second kappa shape index (κ2) is 5.88. The highest BCUT2D eigenvalue weighted by Gasteiger charge is 2.25. The highest BCUT2D eigenvalue weighted by Crippen LogP contribution is 2.30. The van der Waals surface area contributed by atoms with Gasteiger partial charge in [0.25, 0.3) is 0 Å². The van der Waals surface area contributed by atoms with Crippen molar-refractivity contribution in [1.29, 1.82) is 0 Å². The lowest BCUT2D eigenvalue weighted by Crippen LogP contribution is -2.15. The largest absolute Gasteiger partial charge is 0.392 e. The van der Waals surface area contributed by atoms with Gasteiger partial charge in [-0.05, 0) is 24.5 Å². The van der Waals surface area contributed by atoms with Crippen LogP contribution in [0.2, 0.25) is 0 Å². The number of hydrogen-bond donors (Lipinski definition) is 3. The van der Waals surface area contributed by atoms with E-state index < -0.39 is 0 Å². The molecular weight excluding hydrogens is 308 g/mol. The van der Waals surface area contributed by atoms with Crippen molar-refractivity contribution >= 4 is 11.3 Å². The first kappa shape index (κ1) is 14.6. The van der Waals surface area contributed by atoms with Crippen molar-refractivity contribution in [2.75, 3.05) is 6.54 Å². The van der Waals surface area contributed by atoms with Crippen molar-refractivity contribution in [2.45, 2.75) is 25.5 Å². The molecule has 1 fully saturated rings. The molecule has 3 N–H and O–H groups in total. The zero-order chi connectivity index (χ0) is 15.8. The van der Waals surface area contributed by atoms with E-state index in [1.54, 1.807) is 11.3 Å². The predicted octanol–water partition coefficient (Wildman–Crippen LogP) is 2.90. The summed E-state index contributed by atoms with van der Waals surface area (Å²) in [5.74, 6) is 0.888. The Morgan fingerprint density at radius 1 is 1.17 bits per heavy atom. The van der Waals surface area contributed by atoms with Crippen LogP contribution in [0, 0.1) is 6.92 Å². The molecule has 0 spiro atoms. The Balaban J connectivity index is 1.57. The summed E-state index contributed by atoms with van der Waals surface area (Å²) in [7, 11) is 0. The Hall–Kier alpha value is -2.02. The number of aliphatic hydroxyl groups excluding tert-OH is 1. The van der Waals surface area contributed by atoms with Crippen molar-refractivity contribution in [3.8, 4) is 21.7 Å². The molecule has 4 rings (SSSR count). The van der Waals surface area contributed by atoms with Crippen LogP contribution in [0.1, 0.15) is 24.0 Å². The third kappa shape index (κ3) is 2.81. The summed E-state index contributed by atoms with van der Waals surface area (Å²) < 4.78 is 0. The highest BCUT2D eigenvalue weighted by molar-refractivity contribution is 7.13. The van der Waals surface area contributed by atoms with Gasteiger partial charge in [-0.1, -0.05) is 24.3 Å². The summed E-state index contributed by atoms with van der Waals surface area (Å²) in [6, 6.07) is 8.55. The van der Waals surface area contributed by atoms with E-state index in [0.717, 1.165) is 22.8 Å². The number of aryl methyl sites for hydroxylation is 1. The molecule has 0 unspecified atom stereocenters. The summed E-state index contributed by atoms with van der Waals surface area (Å²) >= 11 is 1.66. The normalized spacial score (nSPS) is 21.0. The maximum absolute atomic E-state index is 9.62. The fourth-order valence-electron chi connectivity index (χ4n) is 2.97. The standard InChI is InChI=1S/C17H18N4OS/c1-10-16(23-9-20-10)12-4-2-11(3-5-12)15-8-19-17(21-15)14-6-13(22)7-18-14/h2-5,8-9,13-14,18,22H,6-7H2,1H3,(H,19,21)/t13-,14+/m1/s1. The Bertz CT molecular complexity index is 808. The van der Waals surface area contributed by atoms with Gasteiger partial charge in [0.15, 0.2) is 0 Å². The summed E-state index contributed by atoms with van der Waals surface area (Å²) in [6.07, 6.45) is 2.28. The molecule has 0 aliphatic carbocycles. The molecule has 0 bridgehead atoms. The fourth-order valence-corrected chi connectivity index (χ4v) is 3.78. The SMILES string of the molecule is Cc1ncsc1-c1ccc(-c2cnc([C@@H]3C[C@@H](O)CN3)[nH]2)cc1. The number of rotatable bonds is 3. The first-order chi connectivity index (χ1) is 11.2. The van der Waals surface area contributed by atoms with E-state index in [9.17, 15) is 5.11 Å². The molecule has 1 aliphatic heterocycles. The lowest BCUT2D eigenvalue weighted by atomic mass is 10.1. The van der Waals surface area contributed by atoms with Gasteiger partial charge < -0.3 is 15.4 Å². The Morgan fingerprint density at radius 3 is 2.61 bits per heavy atom. The first-order valence-electron chi connectivity index (χ1n) is 7.68. The molecule has 1 aromatic carbocycles. The van der Waals surface area contributed by atoms with Crippen LogP contribution in [0.3, 0.4) is 0 Å². The number of nitrogens with one attached hydrogen (secondary N) is 2. The molecule has 1 saturated heterocycles. The molecule has 1 aliphatic rings. The smallest absolute Gasteiger partial charge is 0.123 e. The minimum absolute atomic E-state index is 0.109. The molecule has 23 heavy (non-hydrogen) atoms. The van der Waals surface area contributed by atoms with E-state index in [1.165, 1.54) is 10.4 Å². The summed E-state index contributed by atoms with van der Waals surface area (Å²) in [4.78, 5) is 13.3. The van der Waals surface area contributed by atoms with Crippen LogP contribution >= 0.6 is 11.3 Å². The van der Waals surface area contributed by atoms with Crippen molar-refractivity contribution in [1.82, 2.24) is 20.3 Å². The van der Waals surface area contributed by atoms with Gasteiger partial charge in [-0.25, -0.2) is 9.97 Å². The predicted molar refractivity (Wildman–Crippen MR) is 91.2 cm³/mol. The van der Waals surface area contributed by atoms with Crippen molar-refractivity contribution in [3.63, 3.8) is 0 Å². The number of β-amino-alcohol motifs (C(OH)–C–C–N with tert-alkyl or cyclic N) is 1. The Kier molecular flexibility index (Phi) is 3.72. The van der Waals surface area contributed by atoms with Crippen LogP contribution in [0.5, 0.6) is 0 Å². The minimum atomic E-state index is -0.282. The minimum Gasteiger partial charge on any atom is -0.392 e. The van der Waals surface area contributed by atoms with Crippen molar-refractivity contribution < 1.29 is 5.11 Å². The number of hydrogen-bond acceptors (Lipinski definition) is 5. The van der Waals surface area contributed by atoms with Crippen molar-refractivity contribution in [3.05, 3.63) is 47.5 Å². The number of benzene rings is 1. The van der Waals surface area contributed by atoms with E-state index in [1.807, 2.05) is 18.6 Å². The number of aromatic nitrogens is 3. The third-order valence-corrected chi connectivity index (χ3v) is 5.21. The van der Waals surface area contributed by atoms with Gasteiger partial charge in [0, 0.05) is 6.54 Å². The quantitative estimate of drug-likeness (QED) is 0.692. The molecule has 5 nitrogen and oxygen atoms in total. The third-order valence-electron chi connectivity index (χ3n) is 4.24. The van der Waals surface area contributed by atoms with E-state index in [0.29, 0.717) is 13.0 Å². The number of H-pyrrole nitrogens is 1. The first-order valence-corrected chi connectivity index (χ1v) is 8.56. The van der Waals surface area contributed by atoms with Crippen LogP contribution in [-0.2, 0) is 0 Å². The van der Waals surface area contributed by atoms with Gasteiger partial charge >= 0.3 is 0 Å². The zero-order valence-electron chi connectivity index (χ0n) is 12.8. The lowest BCUT2D eigenvalue weighted by molar-refractivity contribution is 0.193. The monoisotopic (exact) mass is 326 g/mol. The van der Waals surface area contributed by atoms with Gasteiger partial charge in [0.05, 0.1) is 40.1 Å².